The number of carbonyl (C=O) groups is 1. The van der Waals surface area contributed by atoms with Crippen LogP contribution in [0, 0.1) is 0 Å². The highest BCUT2D eigenvalue weighted by Gasteiger charge is 2.11. The summed E-state index contributed by atoms with van der Waals surface area (Å²) in [5, 5.41) is 5.27. The maximum Gasteiger partial charge on any atom is 0.224 e. The lowest BCUT2D eigenvalue weighted by Gasteiger charge is -2.25. The molecular formula is C14H20ClN3O2. The first-order valence-electron chi connectivity index (χ1n) is 6.88. The molecule has 1 aromatic carbocycles. The van der Waals surface area contributed by atoms with Crippen molar-refractivity contribution in [1.82, 2.24) is 5.06 Å². The molecule has 5 nitrogen and oxygen atoms in total. The topological polar surface area (TPSA) is 67.6 Å². The van der Waals surface area contributed by atoms with Gasteiger partial charge in [0.1, 0.15) is 0 Å². The summed E-state index contributed by atoms with van der Waals surface area (Å²) in [5.41, 5.74) is 6.86. The van der Waals surface area contributed by atoms with Crippen LogP contribution in [-0.2, 0) is 9.63 Å². The van der Waals surface area contributed by atoms with Gasteiger partial charge in [-0.25, -0.2) is 0 Å². The maximum absolute atomic E-state index is 11.8. The van der Waals surface area contributed by atoms with Crippen molar-refractivity contribution >= 4 is 28.9 Å². The van der Waals surface area contributed by atoms with Crippen molar-refractivity contribution in [2.45, 2.75) is 25.7 Å². The fraction of sp³-hybridized carbons (Fsp3) is 0.500. The zero-order valence-corrected chi connectivity index (χ0v) is 12.2. The van der Waals surface area contributed by atoms with Crippen LogP contribution in [0.3, 0.4) is 0 Å². The van der Waals surface area contributed by atoms with Crippen LogP contribution in [0.15, 0.2) is 18.2 Å². The monoisotopic (exact) mass is 297 g/mol. The van der Waals surface area contributed by atoms with E-state index >= 15 is 0 Å². The third kappa shape index (κ3) is 4.67. The molecule has 20 heavy (non-hydrogen) atoms. The minimum absolute atomic E-state index is 0.0593. The van der Waals surface area contributed by atoms with Crippen molar-refractivity contribution in [3.63, 3.8) is 0 Å². The zero-order chi connectivity index (χ0) is 14.4. The molecule has 0 aliphatic carbocycles. The average Bonchev–Trinajstić information content (AvgIpc) is 2.44. The number of rotatable bonds is 5. The van der Waals surface area contributed by atoms with Crippen LogP contribution in [0.25, 0.3) is 0 Å². The fourth-order valence-electron chi connectivity index (χ4n) is 2.09. The van der Waals surface area contributed by atoms with E-state index in [1.807, 2.05) is 5.06 Å². The number of nitrogens with one attached hydrogen (secondary N) is 1. The molecule has 110 valence electrons. The summed E-state index contributed by atoms with van der Waals surface area (Å²) in [7, 11) is 0. The highest BCUT2D eigenvalue weighted by molar-refractivity contribution is 6.31. The van der Waals surface area contributed by atoms with E-state index in [1.54, 1.807) is 18.2 Å². The largest absolute Gasteiger partial charge is 0.397 e. The van der Waals surface area contributed by atoms with Gasteiger partial charge >= 0.3 is 0 Å². The number of nitrogen functional groups attached to an aromatic ring is 1. The Balaban J connectivity index is 1.73. The normalized spacial score (nSPS) is 16.1. The number of halogens is 1. The number of nitrogens with zero attached hydrogens (tertiary/aromatic N) is 1. The summed E-state index contributed by atoms with van der Waals surface area (Å²) in [4.78, 5) is 17.3. The van der Waals surface area contributed by atoms with E-state index in [2.05, 4.69) is 5.32 Å². The highest BCUT2D eigenvalue weighted by atomic mass is 35.5. The van der Waals surface area contributed by atoms with E-state index < -0.39 is 0 Å². The van der Waals surface area contributed by atoms with Gasteiger partial charge in [0.15, 0.2) is 0 Å². The van der Waals surface area contributed by atoms with Crippen molar-refractivity contribution in [3.05, 3.63) is 23.2 Å². The molecule has 6 heteroatoms. The number of amides is 1. The molecule has 0 unspecified atom stereocenters. The van der Waals surface area contributed by atoms with E-state index in [1.165, 1.54) is 0 Å². The Morgan fingerprint density at radius 2 is 2.30 bits per heavy atom. The van der Waals surface area contributed by atoms with Gasteiger partial charge in [0.25, 0.3) is 0 Å². The summed E-state index contributed by atoms with van der Waals surface area (Å²) >= 11 is 5.88. The molecule has 0 saturated carbocycles. The molecule has 1 aliphatic heterocycles. The van der Waals surface area contributed by atoms with E-state index in [9.17, 15) is 4.79 Å². The molecule has 1 saturated heterocycles. The predicted octanol–water partition coefficient (Wildman–Crippen LogP) is 2.67. The van der Waals surface area contributed by atoms with E-state index in [-0.39, 0.29) is 5.91 Å². The Morgan fingerprint density at radius 1 is 1.45 bits per heavy atom. The standard InChI is InChI=1S/C14H20ClN3O2/c15-11-5-6-12(16)13(10-11)17-14(19)4-3-8-18-7-1-2-9-20-18/h5-6,10H,1-4,7-9,16H2,(H,17,19). The number of hydroxylamine groups is 2. The Bertz CT molecular complexity index is 462. The number of benzene rings is 1. The molecule has 0 radical (unpaired) electrons. The smallest absolute Gasteiger partial charge is 0.224 e. The Hall–Kier alpha value is -1.30. The summed E-state index contributed by atoms with van der Waals surface area (Å²) < 4.78 is 0. The van der Waals surface area contributed by atoms with Gasteiger partial charge in [0.05, 0.1) is 18.0 Å². The van der Waals surface area contributed by atoms with E-state index in [0.29, 0.717) is 22.8 Å². The molecular weight excluding hydrogens is 278 g/mol. The van der Waals surface area contributed by atoms with Gasteiger partial charge < -0.3 is 11.1 Å². The molecule has 1 amide bonds. The fourth-order valence-corrected chi connectivity index (χ4v) is 2.26. The quantitative estimate of drug-likeness (QED) is 0.820. The first kappa shape index (κ1) is 15.1. The van der Waals surface area contributed by atoms with Gasteiger partial charge in [0.2, 0.25) is 5.91 Å². The minimum Gasteiger partial charge on any atom is -0.397 e. The van der Waals surface area contributed by atoms with Crippen molar-refractivity contribution < 1.29 is 9.63 Å². The van der Waals surface area contributed by atoms with Gasteiger partial charge in [-0.15, -0.1) is 0 Å². The van der Waals surface area contributed by atoms with Crippen molar-refractivity contribution in [2.24, 2.45) is 0 Å². The Kier molecular flexibility index (Phi) is 5.64. The molecule has 1 aromatic rings. The number of hydrogen-bond donors (Lipinski definition) is 2. The summed E-state index contributed by atoms with van der Waals surface area (Å²) in [6.45, 7) is 2.51. The molecule has 1 heterocycles. The number of carbonyl (C=O) groups excluding carboxylic acids is 1. The van der Waals surface area contributed by atoms with Gasteiger partial charge in [-0.05, 0) is 37.5 Å². The van der Waals surface area contributed by atoms with Crippen LogP contribution in [0.4, 0.5) is 11.4 Å². The number of anilines is 2. The first-order chi connectivity index (χ1) is 9.65. The molecule has 0 bridgehead atoms. The van der Waals surface area contributed by atoms with Crippen LogP contribution in [0.2, 0.25) is 5.02 Å². The Labute approximate surface area is 124 Å². The van der Waals surface area contributed by atoms with Gasteiger partial charge in [-0.3, -0.25) is 9.63 Å². The molecule has 0 atom stereocenters. The predicted molar refractivity (Wildman–Crippen MR) is 80.5 cm³/mol. The van der Waals surface area contributed by atoms with Crippen LogP contribution >= 0.6 is 11.6 Å². The van der Waals surface area contributed by atoms with Crippen LogP contribution in [0.1, 0.15) is 25.7 Å². The second-order valence-corrected chi connectivity index (χ2v) is 5.29. The molecule has 3 N–H and O–H groups in total. The van der Waals surface area contributed by atoms with Crippen molar-refractivity contribution in [2.75, 3.05) is 30.7 Å². The van der Waals surface area contributed by atoms with Gasteiger partial charge in [-0.2, -0.15) is 5.06 Å². The summed E-state index contributed by atoms with van der Waals surface area (Å²) in [5.74, 6) is -0.0593. The zero-order valence-electron chi connectivity index (χ0n) is 11.4. The minimum atomic E-state index is -0.0593. The van der Waals surface area contributed by atoms with E-state index in [0.717, 1.165) is 39.0 Å². The first-order valence-corrected chi connectivity index (χ1v) is 7.26. The highest BCUT2D eigenvalue weighted by Crippen LogP contribution is 2.23. The van der Waals surface area contributed by atoms with Crippen molar-refractivity contribution in [3.8, 4) is 0 Å². The summed E-state index contributed by atoms with van der Waals surface area (Å²) in [6.07, 6.45) is 3.47. The SMILES string of the molecule is Nc1ccc(Cl)cc1NC(=O)CCCN1CCCCO1. The molecule has 1 aliphatic rings. The van der Waals surface area contributed by atoms with Crippen LogP contribution in [-0.4, -0.2) is 30.7 Å². The van der Waals surface area contributed by atoms with Gasteiger partial charge in [-0.1, -0.05) is 11.6 Å². The molecule has 1 fully saturated rings. The molecule has 0 spiro atoms. The van der Waals surface area contributed by atoms with Gasteiger partial charge in [0, 0.05) is 24.5 Å². The van der Waals surface area contributed by atoms with Crippen LogP contribution < -0.4 is 11.1 Å². The lowest BCUT2D eigenvalue weighted by molar-refractivity contribution is -0.180. The Morgan fingerprint density at radius 3 is 3.05 bits per heavy atom. The molecule has 2 rings (SSSR count). The average molecular weight is 298 g/mol. The second-order valence-electron chi connectivity index (χ2n) is 4.85. The third-order valence-corrected chi connectivity index (χ3v) is 3.41. The third-order valence-electron chi connectivity index (χ3n) is 3.18. The van der Waals surface area contributed by atoms with Crippen LogP contribution in [0.5, 0.6) is 0 Å². The maximum atomic E-state index is 11.8. The lowest BCUT2D eigenvalue weighted by atomic mass is 10.2. The second kappa shape index (κ2) is 7.47. The molecule has 0 aromatic heterocycles. The number of nitrogens with two attached hydrogens (primary N) is 1. The summed E-state index contributed by atoms with van der Waals surface area (Å²) in [6, 6.07) is 5.03. The lowest BCUT2D eigenvalue weighted by Crippen LogP contribution is -2.31. The van der Waals surface area contributed by atoms with E-state index in [4.69, 9.17) is 22.2 Å². The van der Waals surface area contributed by atoms with Crippen molar-refractivity contribution in [1.29, 1.82) is 0 Å². The number of hydrogen-bond acceptors (Lipinski definition) is 4.